The zero-order valence-electron chi connectivity index (χ0n) is 15.6. The first-order valence-corrected chi connectivity index (χ1v) is 8.90. The molecule has 4 N–H and O–H groups in total. The zero-order valence-corrected chi connectivity index (χ0v) is 15.6. The molecule has 0 radical (unpaired) electrons. The van der Waals surface area contributed by atoms with Crippen LogP contribution in [-0.2, 0) is 9.47 Å². The van der Waals surface area contributed by atoms with Crippen LogP contribution in [0.2, 0.25) is 0 Å². The van der Waals surface area contributed by atoms with Crippen molar-refractivity contribution in [2.24, 2.45) is 5.73 Å². The highest BCUT2D eigenvalue weighted by molar-refractivity contribution is 5.36. The van der Waals surface area contributed by atoms with Crippen LogP contribution in [0, 0.1) is 0 Å². The summed E-state index contributed by atoms with van der Waals surface area (Å²) in [4.78, 5) is 12.9. The number of nitrogens with two attached hydrogens (primary N) is 1. The van der Waals surface area contributed by atoms with Crippen LogP contribution < -0.4 is 21.1 Å². The number of ether oxygens (including phenoxy) is 3. The predicted molar refractivity (Wildman–Crippen MR) is 98.2 cm³/mol. The maximum absolute atomic E-state index is 5.59. The third-order valence-electron chi connectivity index (χ3n) is 2.93. The van der Waals surface area contributed by atoms with E-state index >= 15 is 0 Å². The van der Waals surface area contributed by atoms with Crippen LogP contribution in [0.5, 0.6) is 6.01 Å². The molecule has 144 valence electrons. The minimum Gasteiger partial charge on any atom is -0.463 e. The molecular formula is C16H32N6O3. The summed E-state index contributed by atoms with van der Waals surface area (Å²) in [6.45, 7) is 10.0. The molecule has 0 atom stereocenters. The molecule has 0 aliphatic rings. The molecule has 0 saturated heterocycles. The van der Waals surface area contributed by atoms with Gasteiger partial charge in [0.15, 0.2) is 0 Å². The lowest BCUT2D eigenvalue weighted by atomic mass is 10.4. The fourth-order valence-corrected chi connectivity index (χ4v) is 1.77. The maximum atomic E-state index is 5.59. The first kappa shape index (κ1) is 21.3. The summed E-state index contributed by atoms with van der Waals surface area (Å²) in [5.41, 5.74) is 5.34. The normalized spacial score (nSPS) is 10.9. The molecule has 0 unspecified atom stereocenters. The van der Waals surface area contributed by atoms with Crippen molar-refractivity contribution in [3.63, 3.8) is 0 Å². The SMILES string of the molecule is CCCCOc1nc(NCCOCCOCCN)nc(NC(C)C)n1. The Bertz CT molecular complexity index is 461. The largest absolute Gasteiger partial charge is 0.463 e. The number of rotatable bonds is 15. The highest BCUT2D eigenvalue weighted by Crippen LogP contribution is 2.12. The quantitative estimate of drug-likeness (QED) is 0.399. The van der Waals surface area contributed by atoms with Crippen molar-refractivity contribution in [3.8, 4) is 6.01 Å². The van der Waals surface area contributed by atoms with Crippen molar-refractivity contribution in [1.82, 2.24) is 15.0 Å². The van der Waals surface area contributed by atoms with Gasteiger partial charge in [0, 0.05) is 19.1 Å². The Hall–Kier alpha value is -1.71. The van der Waals surface area contributed by atoms with Crippen LogP contribution in [0.25, 0.3) is 0 Å². The van der Waals surface area contributed by atoms with Crippen LogP contribution in [-0.4, -0.2) is 67.1 Å². The van der Waals surface area contributed by atoms with Gasteiger partial charge in [-0.2, -0.15) is 15.0 Å². The minimum atomic E-state index is 0.218. The summed E-state index contributed by atoms with van der Waals surface area (Å²) < 4.78 is 16.3. The van der Waals surface area contributed by atoms with E-state index in [0.29, 0.717) is 64.0 Å². The fraction of sp³-hybridized carbons (Fsp3) is 0.812. The smallest absolute Gasteiger partial charge is 0.323 e. The van der Waals surface area contributed by atoms with E-state index in [1.807, 2.05) is 13.8 Å². The number of unbranched alkanes of at least 4 members (excludes halogenated alkanes) is 1. The van der Waals surface area contributed by atoms with Gasteiger partial charge in [0.2, 0.25) is 11.9 Å². The average molecular weight is 356 g/mol. The van der Waals surface area contributed by atoms with Gasteiger partial charge in [-0.05, 0) is 20.3 Å². The fourth-order valence-electron chi connectivity index (χ4n) is 1.77. The third-order valence-corrected chi connectivity index (χ3v) is 2.93. The van der Waals surface area contributed by atoms with E-state index in [2.05, 4.69) is 32.5 Å². The van der Waals surface area contributed by atoms with E-state index in [-0.39, 0.29) is 6.04 Å². The van der Waals surface area contributed by atoms with Gasteiger partial charge in [-0.15, -0.1) is 0 Å². The van der Waals surface area contributed by atoms with Crippen LogP contribution in [0.3, 0.4) is 0 Å². The molecule has 0 bridgehead atoms. The van der Waals surface area contributed by atoms with Crippen LogP contribution in [0.4, 0.5) is 11.9 Å². The predicted octanol–water partition coefficient (Wildman–Crippen LogP) is 1.27. The van der Waals surface area contributed by atoms with E-state index < -0.39 is 0 Å². The Balaban J connectivity index is 2.43. The number of hydrogen-bond donors (Lipinski definition) is 3. The monoisotopic (exact) mass is 356 g/mol. The lowest BCUT2D eigenvalue weighted by molar-refractivity contribution is 0.0547. The number of anilines is 2. The van der Waals surface area contributed by atoms with Crippen molar-refractivity contribution in [3.05, 3.63) is 0 Å². The lowest BCUT2D eigenvalue weighted by Crippen LogP contribution is -2.18. The van der Waals surface area contributed by atoms with Gasteiger partial charge in [0.25, 0.3) is 0 Å². The summed E-state index contributed by atoms with van der Waals surface area (Å²) in [6, 6.07) is 0.542. The van der Waals surface area contributed by atoms with Crippen molar-refractivity contribution in [2.75, 3.05) is 56.8 Å². The van der Waals surface area contributed by atoms with Crippen LogP contribution in [0.15, 0.2) is 0 Å². The summed E-state index contributed by atoms with van der Waals surface area (Å²) in [6.07, 6.45) is 2.01. The molecule has 1 aromatic rings. The van der Waals surface area contributed by atoms with Gasteiger partial charge in [-0.1, -0.05) is 13.3 Å². The van der Waals surface area contributed by atoms with Gasteiger partial charge in [0.05, 0.1) is 33.0 Å². The molecule has 9 heteroatoms. The van der Waals surface area contributed by atoms with Gasteiger partial charge in [-0.3, -0.25) is 0 Å². The molecular weight excluding hydrogens is 324 g/mol. The minimum absolute atomic E-state index is 0.218. The summed E-state index contributed by atoms with van der Waals surface area (Å²) in [7, 11) is 0. The van der Waals surface area contributed by atoms with Gasteiger partial charge in [0.1, 0.15) is 0 Å². The number of nitrogens with zero attached hydrogens (tertiary/aromatic N) is 3. The second kappa shape index (κ2) is 13.6. The van der Waals surface area contributed by atoms with Crippen molar-refractivity contribution >= 4 is 11.9 Å². The standard InChI is InChI=1S/C16H32N6O3/c1-4-5-8-25-16-21-14(20-15(22-16)19-13(2)3)18-7-10-24-12-11-23-9-6-17/h13H,4-12,17H2,1-3H3,(H2,18,19,20,21,22). The molecule has 0 aliphatic carbocycles. The second-order valence-electron chi connectivity index (χ2n) is 5.71. The Labute approximate surface area is 150 Å². The van der Waals surface area contributed by atoms with Crippen LogP contribution in [0.1, 0.15) is 33.6 Å². The Kier molecular flexibility index (Phi) is 11.6. The topological polar surface area (TPSA) is 116 Å². The second-order valence-corrected chi connectivity index (χ2v) is 5.71. The van der Waals surface area contributed by atoms with Crippen molar-refractivity contribution in [1.29, 1.82) is 0 Å². The highest BCUT2D eigenvalue weighted by Gasteiger charge is 2.08. The molecule has 0 aliphatic heterocycles. The number of nitrogens with one attached hydrogen (secondary N) is 2. The van der Waals surface area contributed by atoms with Crippen molar-refractivity contribution in [2.45, 2.75) is 39.7 Å². The van der Waals surface area contributed by atoms with E-state index in [1.165, 1.54) is 0 Å². The average Bonchev–Trinajstić information content (AvgIpc) is 2.57. The number of aromatic nitrogens is 3. The molecule has 0 fully saturated rings. The molecule has 0 amide bonds. The first-order chi connectivity index (χ1) is 12.2. The molecule has 25 heavy (non-hydrogen) atoms. The maximum Gasteiger partial charge on any atom is 0.323 e. The number of hydrogen-bond acceptors (Lipinski definition) is 9. The lowest BCUT2D eigenvalue weighted by Gasteiger charge is -2.12. The van der Waals surface area contributed by atoms with E-state index in [4.69, 9.17) is 19.9 Å². The third kappa shape index (κ3) is 10.7. The Morgan fingerprint density at radius 2 is 1.68 bits per heavy atom. The molecule has 0 saturated carbocycles. The molecule has 1 aromatic heterocycles. The van der Waals surface area contributed by atoms with Gasteiger partial charge < -0.3 is 30.6 Å². The summed E-state index contributed by atoms with van der Waals surface area (Å²) in [5, 5.41) is 6.29. The highest BCUT2D eigenvalue weighted by atomic mass is 16.5. The Morgan fingerprint density at radius 1 is 0.960 bits per heavy atom. The van der Waals surface area contributed by atoms with E-state index in [1.54, 1.807) is 0 Å². The molecule has 0 spiro atoms. The molecule has 1 heterocycles. The zero-order chi connectivity index (χ0) is 18.3. The van der Waals surface area contributed by atoms with Crippen LogP contribution >= 0.6 is 0 Å². The van der Waals surface area contributed by atoms with Gasteiger partial charge in [-0.25, -0.2) is 0 Å². The van der Waals surface area contributed by atoms with E-state index in [9.17, 15) is 0 Å². The first-order valence-electron chi connectivity index (χ1n) is 8.90. The molecule has 1 rings (SSSR count). The Morgan fingerprint density at radius 3 is 2.36 bits per heavy atom. The van der Waals surface area contributed by atoms with E-state index in [0.717, 1.165) is 12.8 Å². The molecule has 0 aromatic carbocycles. The molecule has 9 nitrogen and oxygen atoms in total. The summed E-state index contributed by atoms with van der Waals surface area (Å²) >= 11 is 0. The van der Waals surface area contributed by atoms with Crippen molar-refractivity contribution < 1.29 is 14.2 Å². The van der Waals surface area contributed by atoms with Gasteiger partial charge >= 0.3 is 6.01 Å². The summed E-state index contributed by atoms with van der Waals surface area (Å²) in [5.74, 6) is 0.961.